The van der Waals surface area contributed by atoms with Crippen LogP contribution in [-0.4, -0.2) is 12.3 Å². The minimum atomic E-state index is -0.706. The second kappa shape index (κ2) is 6.70. The summed E-state index contributed by atoms with van der Waals surface area (Å²) in [6, 6.07) is 14.3. The van der Waals surface area contributed by atoms with Crippen LogP contribution < -0.4 is 10.6 Å². The van der Waals surface area contributed by atoms with E-state index < -0.39 is 6.04 Å². The van der Waals surface area contributed by atoms with Gasteiger partial charge in [0.05, 0.1) is 0 Å². The number of nitrogens with one attached hydrogen (secondary N) is 2. The molecular weight excluding hydrogens is 264 g/mol. The van der Waals surface area contributed by atoms with Crippen molar-refractivity contribution in [1.29, 1.82) is 0 Å². The first-order valence-corrected chi connectivity index (χ1v) is 6.75. The zero-order chi connectivity index (χ0) is 15.2. The van der Waals surface area contributed by atoms with E-state index in [9.17, 15) is 9.59 Å². The van der Waals surface area contributed by atoms with Gasteiger partial charge in [-0.1, -0.05) is 48.5 Å². The van der Waals surface area contributed by atoms with Gasteiger partial charge in [0, 0.05) is 5.69 Å². The molecule has 0 heterocycles. The van der Waals surface area contributed by atoms with Gasteiger partial charge in [0.15, 0.2) is 0 Å². The Kier molecular flexibility index (Phi) is 4.72. The molecule has 0 radical (unpaired) electrons. The van der Waals surface area contributed by atoms with Crippen LogP contribution in [0.1, 0.15) is 22.7 Å². The van der Waals surface area contributed by atoms with E-state index in [1.165, 1.54) is 0 Å². The molecule has 4 nitrogen and oxygen atoms in total. The van der Waals surface area contributed by atoms with E-state index in [2.05, 4.69) is 10.6 Å². The quantitative estimate of drug-likeness (QED) is 0.828. The molecule has 21 heavy (non-hydrogen) atoms. The van der Waals surface area contributed by atoms with Gasteiger partial charge in [0.2, 0.25) is 6.41 Å². The SMILES string of the molecule is Cc1cccc(C)c1NC(=O)[C@H](NC=O)c1ccccc1. The van der Waals surface area contributed by atoms with E-state index in [-0.39, 0.29) is 5.91 Å². The summed E-state index contributed by atoms with van der Waals surface area (Å²) < 4.78 is 0. The molecule has 108 valence electrons. The molecule has 0 aliphatic rings. The highest BCUT2D eigenvalue weighted by Crippen LogP contribution is 2.22. The van der Waals surface area contributed by atoms with Crippen LogP contribution in [0.25, 0.3) is 0 Å². The van der Waals surface area contributed by atoms with Gasteiger partial charge in [-0.25, -0.2) is 0 Å². The Balaban J connectivity index is 2.26. The number of hydrogen-bond donors (Lipinski definition) is 2. The average molecular weight is 282 g/mol. The summed E-state index contributed by atoms with van der Waals surface area (Å²) in [5.41, 5.74) is 3.51. The summed E-state index contributed by atoms with van der Waals surface area (Å²) in [5, 5.41) is 5.47. The highest BCUT2D eigenvalue weighted by atomic mass is 16.2. The van der Waals surface area contributed by atoms with Crippen molar-refractivity contribution in [2.75, 3.05) is 5.32 Å². The van der Waals surface area contributed by atoms with Crippen LogP contribution in [0.3, 0.4) is 0 Å². The monoisotopic (exact) mass is 282 g/mol. The topological polar surface area (TPSA) is 58.2 Å². The van der Waals surface area contributed by atoms with Gasteiger partial charge in [0.1, 0.15) is 6.04 Å². The van der Waals surface area contributed by atoms with Crippen LogP contribution in [-0.2, 0) is 9.59 Å². The van der Waals surface area contributed by atoms with E-state index in [1.807, 2.05) is 62.4 Å². The molecule has 0 saturated heterocycles. The number of para-hydroxylation sites is 1. The molecule has 2 aromatic rings. The number of hydrogen-bond acceptors (Lipinski definition) is 2. The molecule has 1 atom stereocenters. The van der Waals surface area contributed by atoms with E-state index in [1.54, 1.807) is 0 Å². The van der Waals surface area contributed by atoms with Gasteiger partial charge in [-0.2, -0.15) is 0 Å². The van der Waals surface area contributed by atoms with Crippen LogP contribution in [0, 0.1) is 13.8 Å². The summed E-state index contributed by atoms with van der Waals surface area (Å²) >= 11 is 0. The molecule has 0 fully saturated rings. The molecule has 4 heteroatoms. The number of rotatable bonds is 5. The third-order valence-corrected chi connectivity index (χ3v) is 3.36. The Morgan fingerprint density at radius 2 is 1.62 bits per heavy atom. The van der Waals surface area contributed by atoms with Crippen molar-refractivity contribution in [2.24, 2.45) is 0 Å². The Bertz CT molecular complexity index is 618. The van der Waals surface area contributed by atoms with Crippen LogP contribution in [0.2, 0.25) is 0 Å². The van der Waals surface area contributed by atoms with Gasteiger partial charge in [0.25, 0.3) is 5.91 Å². The number of amides is 2. The summed E-state index contributed by atoms with van der Waals surface area (Å²) in [6.45, 7) is 3.88. The van der Waals surface area contributed by atoms with E-state index in [0.717, 1.165) is 22.4 Å². The fraction of sp³-hybridized carbons (Fsp3) is 0.176. The number of anilines is 1. The highest BCUT2D eigenvalue weighted by Gasteiger charge is 2.20. The zero-order valence-corrected chi connectivity index (χ0v) is 12.1. The molecular formula is C17H18N2O2. The van der Waals surface area contributed by atoms with Gasteiger partial charge < -0.3 is 10.6 Å². The van der Waals surface area contributed by atoms with E-state index in [0.29, 0.717) is 6.41 Å². The standard InChI is InChI=1S/C17H18N2O2/c1-12-7-6-8-13(2)15(12)19-17(21)16(18-11-20)14-9-4-3-5-10-14/h3-11,16H,1-2H3,(H,18,20)(H,19,21)/t16-/m1/s1. The smallest absolute Gasteiger partial charge is 0.251 e. The first-order valence-electron chi connectivity index (χ1n) is 6.75. The lowest BCUT2D eigenvalue weighted by atomic mass is 10.0. The maximum absolute atomic E-state index is 12.5. The summed E-state index contributed by atoms with van der Waals surface area (Å²) in [5.74, 6) is -0.259. The maximum Gasteiger partial charge on any atom is 0.251 e. The van der Waals surface area contributed by atoms with Crippen molar-refractivity contribution in [1.82, 2.24) is 5.32 Å². The Morgan fingerprint density at radius 1 is 1.00 bits per heavy atom. The molecule has 0 aromatic heterocycles. The second-order valence-corrected chi connectivity index (χ2v) is 4.88. The largest absolute Gasteiger partial charge is 0.343 e. The molecule has 2 aromatic carbocycles. The zero-order valence-electron chi connectivity index (χ0n) is 12.1. The van der Waals surface area contributed by atoms with Crippen LogP contribution >= 0.6 is 0 Å². The van der Waals surface area contributed by atoms with Crippen molar-refractivity contribution >= 4 is 18.0 Å². The summed E-state index contributed by atoms with van der Waals surface area (Å²) in [6.07, 6.45) is 0.544. The second-order valence-electron chi connectivity index (χ2n) is 4.88. The fourth-order valence-electron chi connectivity index (χ4n) is 2.24. The molecule has 0 bridgehead atoms. The highest BCUT2D eigenvalue weighted by molar-refractivity contribution is 5.97. The number of carbonyl (C=O) groups is 2. The predicted molar refractivity (Wildman–Crippen MR) is 82.9 cm³/mol. The summed E-state index contributed by atoms with van der Waals surface area (Å²) in [7, 11) is 0. The Hall–Kier alpha value is -2.62. The minimum Gasteiger partial charge on any atom is -0.343 e. The number of benzene rings is 2. The van der Waals surface area contributed by atoms with Gasteiger partial charge in [-0.05, 0) is 30.5 Å². The third kappa shape index (κ3) is 3.48. The average Bonchev–Trinajstić information content (AvgIpc) is 2.49. The summed E-state index contributed by atoms with van der Waals surface area (Å²) in [4.78, 5) is 23.3. The van der Waals surface area contributed by atoms with Gasteiger partial charge in [-0.15, -0.1) is 0 Å². The molecule has 2 N–H and O–H groups in total. The van der Waals surface area contributed by atoms with Gasteiger partial charge >= 0.3 is 0 Å². The van der Waals surface area contributed by atoms with Crippen molar-refractivity contribution in [3.05, 3.63) is 65.2 Å². The molecule has 2 rings (SSSR count). The van der Waals surface area contributed by atoms with Gasteiger partial charge in [-0.3, -0.25) is 9.59 Å². The van der Waals surface area contributed by atoms with Crippen molar-refractivity contribution in [3.63, 3.8) is 0 Å². The predicted octanol–water partition coefficient (Wildman–Crippen LogP) is 2.73. The molecule has 0 aliphatic carbocycles. The fourth-order valence-corrected chi connectivity index (χ4v) is 2.24. The first-order chi connectivity index (χ1) is 10.1. The Morgan fingerprint density at radius 3 is 2.19 bits per heavy atom. The molecule has 2 amide bonds. The molecule has 0 unspecified atom stereocenters. The lowest BCUT2D eigenvalue weighted by Gasteiger charge is -2.18. The lowest BCUT2D eigenvalue weighted by Crippen LogP contribution is -2.32. The van der Waals surface area contributed by atoms with E-state index in [4.69, 9.17) is 0 Å². The van der Waals surface area contributed by atoms with Crippen LogP contribution in [0.15, 0.2) is 48.5 Å². The van der Waals surface area contributed by atoms with Crippen molar-refractivity contribution < 1.29 is 9.59 Å². The first kappa shape index (κ1) is 14.8. The number of aryl methyl sites for hydroxylation is 2. The third-order valence-electron chi connectivity index (χ3n) is 3.36. The lowest BCUT2D eigenvalue weighted by molar-refractivity contribution is -0.121. The van der Waals surface area contributed by atoms with Crippen LogP contribution in [0.5, 0.6) is 0 Å². The molecule has 0 saturated carbocycles. The molecule has 0 aliphatic heterocycles. The Labute approximate surface area is 124 Å². The normalized spacial score (nSPS) is 11.5. The minimum absolute atomic E-state index is 0.259. The van der Waals surface area contributed by atoms with Crippen LogP contribution in [0.4, 0.5) is 5.69 Å². The van der Waals surface area contributed by atoms with Crippen molar-refractivity contribution in [2.45, 2.75) is 19.9 Å². The molecule has 0 spiro atoms. The number of carbonyl (C=O) groups excluding carboxylic acids is 2. The van der Waals surface area contributed by atoms with Crippen molar-refractivity contribution in [3.8, 4) is 0 Å². The van der Waals surface area contributed by atoms with E-state index >= 15 is 0 Å². The maximum atomic E-state index is 12.5.